The second-order valence-corrected chi connectivity index (χ2v) is 13.4. The fraction of sp³-hybridized carbons (Fsp3) is 0.829. The molecule has 1 aromatic carbocycles. The summed E-state index contributed by atoms with van der Waals surface area (Å²) in [5.74, 6) is 3.48. The van der Waals surface area contributed by atoms with Crippen LogP contribution in [0, 0.1) is 47.1 Å². The second kappa shape index (κ2) is 15.6. The van der Waals surface area contributed by atoms with Gasteiger partial charge in [-0.15, -0.1) is 0 Å². The molecule has 3 aliphatic carbocycles. The molecule has 3 aliphatic rings. The van der Waals surface area contributed by atoms with Crippen LogP contribution in [0.4, 0.5) is 8.78 Å². The van der Waals surface area contributed by atoms with Gasteiger partial charge in [-0.3, -0.25) is 0 Å². The molecule has 0 aliphatic heterocycles. The summed E-state index contributed by atoms with van der Waals surface area (Å²) in [6.07, 6.45) is 25.5. The molecule has 0 aromatic heterocycles. The quantitative estimate of drug-likeness (QED) is 0.230. The maximum Gasteiger partial charge on any atom is 0.200 e. The molecular formula is C35H56F2O. The molecule has 1 aromatic rings. The van der Waals surface area contributed by atoms with E-state index >= 15 is 0 Å². The third kappa shape index (κ3) is 8.69. The van der Waals surface area contributed by atoms with Crippen molar-refractivity contribution in [2.24, 2.45) is 35.5 Å². The average molecular weight is 531 g/mol. The molecule has 0 N–H and O–H groups in total. The molecule has 0 radical (unpaired) electrons. The molecule has 3 fully saturated rings. The van der Waals surface area contributed by atoms with E-state index in [1.165, 1.54) is 103 Å². The van der Waals surface area contributed by atoms with Crippen molar-refractivity contribution in [1.29, 1.82) is 0 Å². The summed E-state index contributed by atoms with van der Waals surface area (Å²) in [5, 5.41) is 0. The zero-order valence-corrected chi connectivity index (χ0v) is 24.6. The number of rotatable bonds is 13. The molecule has 1 nitrogen and oxygen atoms in total. The lowest BCUT2D eigenvalue weighted by molar-refractivity contribution is 0.141. The lowest BCUT2D eigenvalue weighted by atomic mass is 9.68. The van der Waals surface area contributed by atoms with Crippen LogP contribution in [-0.4, -0.2) is 6.61 Å². The summed E-state index contributed by atoms with van der Waals surface area (Å²) in [7, 11) is 0. The highest BCUT2D eigenvalue weighted by atomic mass is 19.2. The van der Waals surface area contributed by atoms with Gasteiger partial charge in [-0.25, -0.2) is 4.39 Å². The highest BCUT2D eigenvalue weighted by Gasteiger charge is 2.31. The first-order chi connectivity index (χ1) is 18.6. The number of aryl methyl sites for hydroxylation is 1. The smallest absolute Gasteiger partial charge is 0.200 e. The van der Waals surface area contributed by atoms with E-state index in [0.717, 1.165) is 42.9 Å². The van der Waals surface area contributed by atoms with Gasteiger partial charge >= 0.3 is 0 Å². The van der Waals surface area contributed by atoms with Crippen LogP contribution in [0.25, 0.3) is 0 Å². The van der Waals surface area contributed by atoms with Crippen LogP contribution in [0.1, 0.15) is 141 Å². The second-order valence-electron chi connectivity index (χ2n) is 13.4. The van der Waals surface area contributed by atoms with E-state index in [1.807, 2.05) is 0 Å². The normalized spacial score (nSPS) is 30.3. The monoisotopic (exact) mass is 530 g/mol. The van der Waals surface area contributed by atoms with Crippen molar-refractivity contribution in [2.45, 2.75) is 142 Å². The standard InChI is InChI=1S/C35H56F2O/c1-3-5-6-8-27-9-11-29(12-10-27)25-38-33-24-23-32(34(36)35(33)37)22-17-28-15-20-31(21-16-28)30-18-13-26(7-4-2)14-19-30/h23-24,26-31H,3-22,25H2,1-2H3. The van der Waals surface area contributed by atoms with E-state index in [0.29, 0.717) is 30.4 Å². The molecule has 0 bridgehead atoms. The molecule has 0 atom stereocenters. The fourth-order valence-electron chi connectivity index (χ4n) is 8.12. The molecule has 4 rings (SSSR count). The van der Waals surface area contributed by atoms with Crippen LogP contribution in [0.15, 0.2) is 12.1 Å². The molecule has 0 spiro atoms. The zero-order valence-electron chi connectivity index (χ0n) is 24.6. The van der Waals surface area contributed by atoms with E-state index < -0.39 is 11.6 Å². The van der Waals surface area contributed by atoms with Gasteiger partial charge in [0.05, 0.1) is 6.61 Å². The topological polar surface area (TPSA) is 9.23 Å². The first kappa shape index (κ1) is 29.9. The summed E-state index contributed by atoms with van der Waals surface area (Å²) in [4.78, 5) is 0. The van der Waals surface area contributed by atoms with Crippen LogP contribution in [0.2, 0.25) is 0 Å². The molecule has 0 saturated heterocycles. The predicted octanol–water partition coefficient (Wildman–Crippen LogP) is 11.1. The number of halogens is 2. The molecule has 38 heavy (non-hydrogen) atoms. The van der Waals surface area contributed by atoms with Gasteiger partial charge in [0.1, 0.15) is 0 Å². The van der Waals surface area contributed by atoms with Gasteiger partial charge in [0.15, 0.2) is 11.6 Å². The van der Waals surface area contributed by atoms with E-state index in [1.54, 1.807) is 12.1 Å². The average Bonchev–Trinajstić information content (AvgIpc) is 2.95. The van der Waals surface area contributed by atoms with Crippen LogP contribution >= 0.6 is 0 Å². The highest BCUT2D eigenvalue weighted by molar-refractivity contribution is 5.31. The predicted molar refractivity (Wildman–Crippen MR) is 156 cm³/mol. The SMILES string of the molecule is CCCCCC1CCC(COc2ccc(CCC3CCC(C4CCC(CCC)CC4)CC3)c(F)c2F)CC1. The third-order valence-electron chi connectivity index (χ3n) is 10.8. The molecular weight excluding hydrogens is 474 g/mol. The number of hydrogen-bond donors (Lipinski definition) is 0. The van der Waals surface area contributed by atoms with Crippen molar-refractivity contribution in [1.82, 2.24) is 0 Å². The first-order valence-electron chi connectivity index (χ1n) is 16.7. The summed E-state index contributed by atoms with van der Waals surface area (Å²) >= 11 is 0. The fourth-order valence-corrected chi connectivity index (χ4v) is 8.12. The number of hydrogen-bond acceptors (Lipinski definition) is 1. The molecule has 0 amide bonds. The van der Waals surface area contributed by atoms with E-state index in [2.05, 4.69) is 13.8 Å². The van der Waals surface area contributed by atoms with Gasteiger partial charge in [0, 0.05) is 0 Å². The van der Waals surface area contributed by atoms with Crippen LogP contribution in [-0.2, 0) is 6.42 Å². The van der Waals surface area contributed by atoms with E-state index in [4.69, 9.17) is 4.74 Å². The molecule has 3 saturated carbocycles. The summed E-state index contributed by atoms with van der Waals surface area (Å²) in [6, 6.07) is 3.45. The Hall–Kier alpha value is -1.12. The Labute approximate surface area is 232 Å². The van der Waals surface area contributed by atoms with Crippen molar-refractivity contribution in [2.75, 3.05) is 6.61 Å². The Morgan fingerprint density at radius 3 is 1.76 bits per heavy atom. The number of unbranched alkanes of at least 4 members (excludes halogenated alkanes) is 2. The highest BCUT2D eigenvalue weighted by Crippen LogP contribution is 2.43. The Bertz CT molecular complexity index is 798. The summed E-state index contributed by atoms with van der Waals surface area (Å²) < 4.78 is 35.6. The number of benzene rings is 1. The van der Waals surface area contributed by atoms with Gasteiger partial charge in [-0.05, 0) is 98.5 Å². The van der Waals surface area contributed by atoms with Gasteiger partial charge in [-0.2, -0.15) is 4.39 Å². The Morgan fingerprint density at radius 1 is 0.605 bits per heavy atom. The van der Waals surface area contributed by atoms with Crippen molar-refractivity contribution in [3.8, 4) is 5.75 Å². The van der Waals surface area contributed by atoms with E-state index in [-0.39, 0.29) is 5.75 Å². The molecule has 0 heterocycles. The molecule has 0 unspecified atom stereocenters. The minimum Gasteiger partial charge on any atom is -0.490 e. The van der Waals surface area contributed by atoms with Crippen molar-refractivity contribution >= 4 is 0 Å². The van der Waals surface area contributed by atoms with Gasteiger partial charge < -0.3 is 4.74 Å². The zero-order chi connectivity index (χ0) is 26.7. The molecule has 216 valence electrons. The number of ether oxygens (including phenoxy) is 1. The van der Waals surface area contributed by atoms with Gasteiger partial charge in [0.2, 0.25) is 5.82 Å². The Kier molecular flexibility index (Phi) is 12.3. The van der Waals surface area contributed by atoms with Gasteiger partial charge in [-0.1, -0.05) is 97.0 Å². The minimum absolute atomic E-state index is 0.102. The van der Waals surface area contributed by atoms with Crippen molar-refractivity contribution in [3.05, 3.63) is 29.3 Å². The van der Waals surface area contributed by atoms with Crippen molar-refractivity contribution in [3.63, 3.8) is 0 Å². The van der Waals surface area contributed by atoms with E-state index in [9.17, 15) is 8.78 Å². The lowest BCUT2D eigenvalue weighted by Crippen LogP contribution is -2.26. The third-order valence-corrected chi connectivity index (χ3v) is 10.8. The maximum absolute atomic E-state index is 14.9. The summed E-state index contributed by atoms with van der Waals surface area (Å²) in [6.45, 7) is 5.09. The Morgan fingerprint density at radius 2 is 1.16 bits per heavy atom. The maximum atomic E-state index is 14.9. The first-order valence-corrected chi connectivity index (χ1v) is 16.7. The molecule has 3 heteroatoms. The van der Waals surface area contributed by atoms with Crippen LogP contribution < -0.4 is 4.74 Å². The Balaban J connectivity index is 1.15. The lowest BCUT2D eigenvalue weighted by Gasteiger charge is -2.38. The van der Waals surface area contributed by atoms with Gasteiger partial charge in [0.25, 0.3) is 0 Å². The van der Waals surface area contributed by atoms with Crippen LogP contribution in [0.3, 0.4) is 0 Å². The largest absolute Gasteiger partial charge is 0.490 e. The van der Waals surface area contributed by atoms with Crippen molar-refractivity contribution < 1.29 is 13.5 Å². The summed E-state index contributed by atoms with van der Waals surface area (Å²) in [5.41, 5.74) is 0.527. The van der Waals surface area contributed by atoms with Crippen LogP contribution in [0.5, 0.6) is 5.75 Å². The minimum atomic E-state index is -0.780.